The lowest BCUT2D eigenvalue weighted by Gasteiger charge is -2.13. The van der Waals surface area contributed by atoms with Gasteiger partial charge in [0.25, 0.3) is 5.91 Å². The van der Waals surface area contributed by atoms with Crippen LogP contribution in [0, 0.1) is 6.42 Å². The van der Waals surface area contributed by atoms with Gasteiger partial charge in [-0.25, -0.2) is 0 Å². The number of amides is 1. The third-order valence-corrected chi connectivity index (χ3v) is 1.86. The van der Waals surface area contributed by atoms with E-state index < -0.39 is 0 Å². The Bertz CT molecular complexity index is 253. The van der Waals surface area contributed by atoms with E-state index in [0.29, 0.717) is 10.6 Å². The zero-order valence-electron chi connectivity index (χ0n) is 7.17. The number of nitrogens with zero attached hydrogens (tertiary/aromatic N) is 1. The first-order chi connectivity index (χ1) is 5.61. The zero-order valence-corrected chi connectivity index (χ0v) is 7.93. The molecule has 0 bridgehead atoms. The fourth-order valence-electron chi connectivity index (χ4n) is 0.972. The van der Waals surface area contributed by atoms with Gasteiger partial charge in [0.15, 0.2) is 0 Å². The number of hydrogen-bond donors (Lipinski definition) is 0. The van der Waals surface area contributed by atoms with Gasteiger partial charge in [0.1, 0.15) is 0 Å². The topological polar surface area (TPSA) is 20.3 Å². The summed E-state index contributed by atoms with van der Waals surface area (Å²) in [6.45, 7) is 0. The van der Waals surface area contributed by atoms with Gasteiger partial charge in [-0.1, -0.05) is 17.7 Å². The Morgan fingerprint density at radius 1 is 1.58 bits per heavy atom. The van der Waals surface area contributed by atoms with Crippen LogP contribution in [0.5, 0.6) is 0 Å². The normalized spacial score (nSPS) is 16.6. The fraction of sp³-hybridized carbons (Fsp3) is 0.333. The molecule has 65 valence electrons. The molecule has 0 fully saturated rings. The maximum Gasteiger partial charge on any atom is 0.253 e. The van der Waals surface area contributed by atoms with Gasteiger partial charge in [0, 0.05) is 31.1 Å². The van der Waals surface area contributed by atoms with Gasteiger partial charge in [0.2, 0.25) is 0 Å². The van der Waals surface area contributed by atoms with Crippen molar-refractivity contribution in [2.75, 3.05) is 14.1 Å². The molecule has 1 aliphatic rings. The molecular weight excluding hydrogens is 174 g/mol. The minimum absolute atomic E-state index is 0.00116. The van der Waals surface area contributed by atoms with Crippen LogP contribution in [0.1, 0.15) is 6.42 Å². The minimum atomic E-state index is 0.00116. The number of halogens is 1. The molecule has 0 saturated carbocycles. The molecule has 12 heavy (non-hydrogen) atoms. The van der Waals surface area contributed by atoms with Gasteiger partial charge in [-0.15, -0.1) is 0 Å². The molecule has 0 spiro atoms. The Morgan fingerprint density at radius 2 is 2.25 bits per heavy atom. The van der Waals surface area contributed by atoms with Crippen LogP contribution in [-0.4, -0.2) is 24.9 Å². The highest BCUT2D eigenvalue weighted by molar-refractivity contribution is 6.31. The van der Waals surface area contributed by atoms with Crippen molar-refractivity contribution < 1.29 is 4.79 Å². The average molecular weight is 185 g/mol. The lowest BCUT2D eigenvalue weighted by molar-refractivity contribution is -0.124. The summed E-state index contributed by atoms with van der Waals surface area (Å²) in [5.41, 5.74) is 0.674. The second-order valence-electron chi connectivity index (χ2n) is 2.83. The lowest BCUT2D eigenvalue weighted by atomic mass is 10.1. The monoisotopic (exact) mass is 184 g/mol. The van der Waals surface area contributed by atoms with Crippen LogP contribution in [0.2, 0.25) is 0 Å². The van der Waals surface area contributed by atoms with Crippen LogP contribution >= 0.6 is 11.6 Å². The number of rotatable bonds is 1. The van der Waals surface area contributed by atoms with Gasteiger partial charge in [0.05, 0.1) is 0 Å². The minimum Gasteiger partial charge on any atom is -0.345 e. The fourth-order valence-corrected chi connectivity index (χ4v) is 1.18. The summed E-state index contributed by atoms with van der Waals surface area (Å²) in [5.74, 6) is 0.00116. The van der Waals surface area contributed by atoms with E-state index in [0.717, 1.165) is 6.42 Å². The van der Waals surface area contributed by atoms with Crippen LogP contribution in [0.15, 0.2) is 22.8 Å². The molecule has 1 radical (unpaired) electrons. The van der Waals surface area contributed by atoms with Crippen LogP contribution in [0.25, 0.3) is 0 Å². The molecule has 0 atom stereocenters. The molecule has 2 nitrogen and oxygen atoms in total. The van der Waals surface area contributed by atoms with Crippen molar-refractivity contribution in [2.24, 2.45) is 0 Å². The van der Waals surface area contributed by atoms with E-state index >= 15 is 0 Å². The predicted octanol–water partition coefficient (Wildman–Crippen LogP) is 1.73. The molecule has 1 rings (SSSR count). The highest BCUT2D eigenvalue weighted by atomic mass is 35.5. The van der Waals surface area contributed by atoms with E-state index in [1.807, 2.05) is 12.5 Å². The van der Waals surface area contributed by atoms with Crippen molar-refractivity contribution in [1.29, 1.82) is 0 Å². The molecule has 0 saturated heterocycles. The highest BCUT2D eigenvalue weighted by Crippen LogP contribution is 2.19. The summed E-state index contributed by atoms with van der Waals surface area (Å²) in [4.78, 5) is 12.9. The first kappa shape index (κ1) is 9.33. The quantitative estimate of drug-likeness (QED) is 0.608. The van der Waals surface area contributed by atoms with E-state index in [1.165, 1.54) is 4.90 Å². The van der Waals surface area contributed by atoms with E-state index in [9.17, 15) is 4.79 Å². The second-order valence-corrected chi connectivity index (χ2v) is 3.26. The maximum atomic E-state index is 11.4. The van der Waals surface area contributed by atoms with Gasteiger partial charge in [-0.3, -0.25) is 4.79 Å². The predicted molar refractivity (Wildman–Crippen MR) is 49.6 cm³/mol. The Morgan fingerprint density at radius 3 is 2.75 bits per heavy atom. The van der Waals surface area contributed by atoms with Crippen LogP contribution in [-0.2, 0) is 4.79 Å². The third-order valence-electron chi connectivity index (χ3n) is 1.60. The zero-order chi connectivity index (χ0) is 9.14. The van der Waals surface area contributed by atoms with Crippen molar-refractivity contribution >= 4 is 17.5 Å². The third kappa shape index (κ3) is 2.11. The van der Waals surface area contributed by atoms with Crippen molar-refractivity contribution in [3.05, 3.63) is 29.2 Å². The molecule has 0 aromatic rings. The number of carbonyl (C=O) groups excluding carboxylic acids is 1. The van der Waals surface area contributed by atoms with Gasteiger partial charge in [-0.2, -0.15) is 0 Å². The van der Waals surface area contributed by atoms with Gasteiger partial charge < -0.3 is 4.90 Å². The SMILES string of the molecule is CN(C)C(=O)C1=CC[CH]C(Cl)=C1. The van der Waals surface area contributed by atoms with Crippen molar-refractivity contribution in [3.63, 3.8) is 0 Å². The van der Waals surface area contributed by atoms with Crippen molar-refractivity contribution in [1.82, 2.24) is 4.90 Å². The number of hydrogen-bond acceptors (Lipinski definition) is 1. The summed E-state index contributed by atoms with van der Waals surface area (Å²) < 4.78 is 0. The molecule has 0 heterocycles. The van der Waals surface area contributed by atoms with Gasteiger partial charge in [-0.05, 0) is 12.5 Å². The van der Waals surface area contributed by atoms with Crippen molar-refractivity contribution in [2.45, 2.75) is 6.42 Å². The smallest absolute Gasteiger partial charge is 0.253 e. The summed E-state index contributed by atoms with van der Waals surface area (Å²) in [7, 11) is 3.45. The molecule has 1 amide bonds. The standard InChI is InChI=1S/C9H11ClNO/c1-11(2)9(12)7-4-3-5-8(10)6-7/h4-6H,3H2,1-2H3. The van der Waals surface area contributed by atoms with Crippen molar-refractivity contribution in [3.8, 4) is 0 Å². The van der Waals surface area contributed by atoms with Gasteiger partial charge >= 0.3 is 0 Å². The average Bonchev–Trinajstić information content (AvgIpc) is 2.03. The highest BCUT2D eigenvalue weighted by Gasteiger charge is 2.12. The molecule has 0 aromatic heterocycles. The number of likely N-dealkylation sites (N-methyl/N-ethyl adjacent to an activating group) is 1. The molecule has 0 aliphatic heterocycles. The second kappa shape index (κ2) is 3.76. The first-order valence-electron chi connectivity index (χ1n) is 3.73. The Hall–Kier alpha value is -0.760. The lowest BCUT2D eigenvalue weighted by Crippen LogP contribution is -2.23. The van der Waals surface area contributed by atoms with E-state index in [1.54, 1.807) is 20.2 Å². The largest absolute Gasteiger partial charge is 0.345 e. The summed E-state index contributed by atoms with van der Waals surface area (Å²) in [6, 6.07) is 0. The molecular formula is C9H11ClNO. The Labute approximate surface area is 77.5 Å². The molecule has 1 aliphatic carbocycles. The summed E-state index contributed by atoms with van der Waals surface area (Å²) >= 11 is 5.75. The molecule has 0 unspecified atom stereocenters. The summed E-state index contributed by atoms with van der Waals surface area (Å²) in [5, 5.41) is 0.641. The first-order valence-corrected chi connectivity index (χ1v) is 4.11. The van der Waals surface area contributed by atoms with E-state index in [2.05, 4.69) is 0 Å². The Kier molecular flexibility index (Phi) is 2.93. The van der Waals surface area contributed by atoms with E-state index in [-0.39, 0.29) is 5.91 Å². The number of allylic oxidation sites excluding steroid dienone is 2. The van der Waals surface area contributed by atoms with Crippen LogP contribution < -0.4 is 0 Å². The number of carbonyl (C=O) groups is 1. The molecule has 3 heteroatoms. The Balaban J connectivity index is 2.76. The maximum absolute atomic E-state index is 11.4. The van der Waals surface area contributed by atoms with Crippen LogP contribution in [0.3, 0.4) is 0 Å². The molecule has 0 N–H and O–H groups in total. The summed E-state index contributed by atoms with van der Waals surface area (Å²) in [6.07, 6.45) is 6.17. The van der Waals surface area contributed by atoms with Crippen LogP contribution in [0.4, 0.5) is 0 Å². The molecule has 0 aromatic carbocycles. The van der Waals surface area contributed by atoms with E-state index in [4.69, 9.17) is 11.6 Å².